The minimum Gasteiger partial charge on any atom is -0.382 e. The summed E-state index contributed by atoms with van der Waals surface area (Å²) in [6.07, 6.45) is 3.89. The van der Waals surface area contributed by atoms with Crippen LogP contribution in [-0.2, 0) is 14.8 Å². The topological polar surface area (TPSA) is 91.8 Å². The van der Waals surface area contributed by atoms with Crippen molar-refractivity contribution < 1.29 is 13.2 Å². The Morgan fingerprint density at radius 1 is 1.10 bits per heavy atom. The molecule has 3 N–H and O–H groups in total. The van der Waals surface area contributed by atoms with Crippen molar-refractivity contribution in [2.45, 2.75) is 33.1 Å². The number of nitrogens with one attached hydrogen (secondary N) is 3. The fourth-order valence-electron chi connectivity index (χ4n) is 1.55. The first kappa shape index (κ1) is 20.1. The van der Waals surface area contributed by atoms with Gasteiger partial charge in [-0.2, -0.15) is 0 Å². The Hall–Kier alpha value is -0.860. The van der Waals surface area contributed by atoms with E-state index >= 15 is 0 Å². The molecular formula is C13H30N4O3S. The lowest BCUT2D eigenvalue weighted by Gasteiger charge is -2.11. The molecule has 0 aromatic carbocycles. The highest BCUT2D eigenvalue weighted by Crippen LogP contribution is 1.89. The van der Waals surface area contributed by atoms with Gasteiger partial charge in [-0.3, -0.25) is 4.99 Å². The zero-order valence-electron chi connectivity index (χ0n) is 13.4. The molecule has 0 aromatic rings. The average Bonchev–Trinajstić information content (AvgIpc) is 2.40. The molecule has 0 amide bonds. The van der Waals surface area contributed by atoms with Crippen molar-refractivity contribution in [1.82, 2.24) is 15.4 Å². The average molecular weight is 322 g/mol. The van der Waals surface area contributed by atoms with Crippen LogP contribution in [0.5, 0.6) is 0 Å². The van der Waals surface area contributed by atoms with Crippen LogP contribution in [0.2, 0.25) is 0 Å². The molecule has 0 heterocycles. The van der Waals surface area contributed by atoms with Crippen LogP contribution < -0.4 is 15.4 Å². The molecule has 0 rings (SSSR count). The maximum Gasteiger partial charge on any atom is 0.208 e. The first-order valence-electron chi connectivity index (χ1n) is 7.54. The lowest BCUT2D eigenvalue weighted by Crippen LogP contribution is -2.38. The molecular weight excluding hydrogens is 292 g/mol. The van der Waals surface area contributed by atoms with Gasteiger partial charge in [0.1, 0.15) is 0 Å². The summed E-state index contributed by atoms with van der Waals surface area (Å²) in [5.74, 6) is 0.772. The van der Waals surface area contributed by atoms with E-state index in [1.54, 1.807) is 0 Å². The minimum absolute atomic E-state index is 0.413. The molecule has 8 heteroatoms. The van der Waals surface area contributed by atoms with Gasteiger partial charge in [-0.25, -0.2) is 13.1 Å². The van der Waals surface area contributed by atoms with Gasteiger partial charge in [0.2, 0.25) is 10.0 Å². The van der Waals surface area contributed by atoms with Crippen molar-refractivity contribution >= 4 is 16.0 Å². The van der Waals surface area contributed by atoms with Crippen molar-refractivity contribution in [1.29, 1.82) is 0 Å². The Bertz CT molecular complexity index is 372. The summed E-state index contributed by atoms with van der Waals surface area (Å²) in [6, 6.07) is 0. The van der Waals surface area contributed by atoms with Crippen molar-refractivity contribution in [3.05, 3.63) is 0 Å². The lowest BCUT2D eigenvalue weighted by atomic mass is 10.3. The lowest BCUT2D eigenvalue weighted by molar-refractivity contribution is 0.143. The Balaban J connectivity index is 3.80. The summed E-state index contributed by atoms with van der Waals surface area (Å²) in [4.78, 5) is 4.40. The summed E-state index contributed by atoms with van der Waals surface area (Å²) >= 11 is 0. The van der Waals surface area contributed by atoms with Gasteiger partial charge >= 0.3 is 0 Å². The van der Waals surface area contributed by atoms with E-state index in [1.807, 2.05) is 13.8 Å². The summed E-state index contributed by atoms with van der Waals surface area (Å²) in [7, 11) is -3.10. The summed E-state index contributed by atoms with van der Waals surface area (Å²) in [5, 5.41) is 6.41. The quantitative estimate of drug-likeness (QED) is 0.273. The van der Waals surface area contributed by atoms with Gasteiger partial charge in [-0.15, -0.1) is 0 Å². The predicted octanol–water partition coefficient (Wildman–Crippen LogP) is 0.298. The number of hydrogen-bond acceptors (Lipinski definition) is 4. The number of aliphatic imine (C=N–C) groups is 1. The molecule has 0 aliphatic heterocycles. The Morgan fingerprint density at radius 3 is 2.48 bits per heavy atom. The fraction of sp³-hybridized carbons (Fsp3) is 0.923. The van der Waals surface area contributed by atoms with Gasteiger partial charge in [0, 0.05) is 39.4 Å². The van der Waals surface area contributed by atoms with Crippen molar-refractivity contribution in [3.63, 3.8) is 0 Å². The van der Waals surface area contributed by atoms with Crippen LogP contribution in [0.25, 0.3) is 0 Å². The van der Waals surface area contributed by atoms with Gasteiger partial charge < -0.3 is 15.4 Å². The van der Waals surface area contributed by atoms with E-state index in [0.717, 1.165) is 51.4 Å². The Labute approximate surface area is 129 Å². The van der Waals surface area contributed by atoms with Crippen LogP contribution in [0.1, 0.15) is 33.1 Å². The largest absolute Gasteiger partial charge is 0.382 e. The molecule has 0 bridgehead atoms. The van der Waals surface area contributed by atoms with E-state index in [0.29, 0.717) is 19.5 Å². The second kappa shape index (κ2) is 12.8. The van der Waals surface area contributed by atoms with Crippen LogP contribution in [0.15, 0.2) is 4.99 Å². The highest BCUT2D eigenvalue weighted by atomic mass is 32.2. The smallest absolute Gasteiger partial charge is 0.208 e. The van der Waals surface area contributed by atoms with Crippen LogP contribution in [-0.4, -0.2) is 60.0 Å². The molecule has 0 aliphatic rings. The molecule has 0 saturated heterocycles. The zero-order chi connectivity index (χ0) is 16.0. The Morgan fingerprint density at radius 2 is 1.86 bits per heavy atom. The fourth-order valence-corrected chi connectivity index (χ4v) is 2.06. The normalized spacial score (nSPS) is 12.4. The molecule has 0 atom stereocenters. The molecule has 0 unspecified atom stereocenters. The van der Waals surface area contributed by atoms with E-state index in [-0.39, 0.29) is 0 Å². The van der Waals surface area contributed by atoms with Crippen LogP contribution in [0, 0.1) is 0 Å². The standard InChI is InChI=1S/C13H30N4O3S/c1-4-14-13(15-9-6-7-12-20-5-2)16-10-8-11-17-21(3,18)19/h17H,4-12H2,1-3H3,(H2,14,15,16). The van der Waals surface area contributed by atoms with Crippen molar-refractivity contribution in [2.75, 3.05) is 45.6 Å². The van der Waals surface area contributed by atoms with E-state index in [4.69, 9.17) is 4.74 Å². The second-order valence-electron chi connectivity index (χ2n) is 4.61. The molecule has 0 fully saturated rings. The van der Waals surface area contributed by atoms with E-state index in [1.165, 1.54) is 0 Å². The predicted molar refractivity (Wildman–Crippen MR) is 87.2 cm³/mol. The first-order chi connectivity index (χ1) is 9.99. The van der Waals surface area contributed by atoms with Gasteiger partial charge in [0.05, 0.1) is 6.26 Å². The molecule has 0 aromatic heterocycles. The van der Waals surface area contributed by atoms with Crippen molar-refractivity contribution in [3.8, 4) is 0 Å². The monoisotopic (exact) mass is 322 g/mol. The number of unbranched alkanes of at least 4 members (excludes halogenated alkanes) is 1. The summed E-state index contributed by atoms with van der Waals surface area (Å²) in [6.45, 7) is 8.20. The van der Waals surface area contributed by atoms with E-state index < -0.39 is 10.0 Å². The van der Waals surface area contributed by atoms with Gasteiger partial charge in [-0.1, -0.05) is 0 Å². The highest BCUT2D eigenvalue weighted by Gasteiger charge is 1.99. The zero-order valence-corrected chi connectivity index (χ0v) is 14.3. The van der Waals surface area contributed by atoms with Gasteiger partial charge in [0.25, 0.3) is 0 Å². The number of nitrogens with zero attached hydrogens (tertiary/aromatic N) is 1. The van der Waals surface area contributed by atoms with Crippen molar-refractivity contribution in [2.24, 2.45) is 4.99 Å². The first-order valence-corrected chi connectivity index (χ1v) is 9.43. The molecule has 0 saturated carbocycles. The summed E-state index contributed by atoms with van der Waals surface area (Å²) < 4.78 is 29.5. The van der Waals surface area contributed by atoms with Crippen LogP contribution in [0.3, 0.4) is 0 Å². The minimum atomic E-state index is -3.10. The summed E-state index contributed by atoms with van der Waals surface area (Å²) in [5.41, 5.74) is 0. The maximum absolute atomic E-state index is 10.9. The highest BCUT2D eigenvalue weighted by molar-refractivity contribution is 7.88. The van der Waals surface area contributed by atoms with E-state index in [2.05, 4.69) is 20.3 Å². The Kier molecular flexibility index (Phi) is 12.3. The number of sulfonamides is 1. The number of hydrogen-bond donors (Lipinski definition) is 3. The number of guanidine groups is 1. The number of ether oxygens (including phenoxy) is 1. The third-order valence-electron chi connectivity index (χ3n) is 2.53. The van der Waals surface area contributed by atoms with Gasteiger partial charge in [0.15, 0.2) is 5.96 Å². The van der Waals surface area contributed by atoms with Crippen LogP contribution >= 0.6 is 0 Å². The third-order valence-corrected chi connectivity index (χ3v) is 3.25. The molecule has 126 valence electrons. The molecule has 0 aliphatic carbocycles. The van der Waals surface area contributed by atoms with Crippen LogP contribution in [0.4, 0.5) is 0 Å². The second-order valence-corrected chi connectivity index (χ2v) is 6.44. The molecule has 0 spiro atoms. The third kappa shape index (κ3) is 15.3. The molecule has 0 radical (unpaired) electrons. The van der Waals surface area contributed by atoms with Gasteiger partial charge in [-0.05, 0) is 33.1 Å². The van der Waals surface area contributed by atoms with E-state index in [9.17, 15) is 8.42 Å². The molecule has 7 nitrogen and oxygen atoms in total. The SMILES string of the molecule is CCNC(=NCCCNS(C)(=O)=O)NCCCCOCC. The number of rotatable bonds is 12. The maximum atomic E-state index is 10.9. The molecule has 21 heavy (non-hydrogen) atoms.